The molecule has 0 aromatic heterocycles. The van der Waals surface area contributed by atoms with Crippen LogP contribution < -0.4 is 5.32 Å². The minimum Gasteiger partial charge on any atom is -0.342 e. The number of nitrogens with zero attached hydrogens (tertiary/aromatic N) is 1. The van der Waals surface area contributed by atoms with Gasteiger partial charge in [0.25, 0.3) is 0 Å². The highest BCUT2D eigenvalue weighted by atomic mass is 16.2. The van der Waals surface area contributed by atoms with Crippen LogP contribution in [0.5, 0.6) is 0 Å². The first-order chi connectivity index (χ1) is 10.8. The average molecular weight is 316 g/mol. The minimum absolute atomic E-state index is 0.0650. The van der Waals surface area contributed by atoms with E-state index in [1.54, 1.807) is 43.0 Å². The highest BCUT2D eigenvalue weighted by Crippen LogP contribution is 2.24. The Morgan fingerprint density at radius 2 is 1.74 bits per heavy atom. The number of nitrogens with one attached hydrogen (secondary N) is 1. The molecule has 5 nitrogen and oxygen atoms in total. The van der Waals surface area contributed by atoms with Crippen molar-refractivity contribution in [1.29, 1.82) is 0 Å². The van der Waals surface area contributed by atoms with Crippen molar-refractivity contribution in [3.05, 3.63) is 29.8 Å². The summed E-state index contributed by atoms with van der Waals surface area (Å²) in [5.41, 5.74) is -0.0750. The number of amides is 2. The molecule has 1 N–H and O–H groups in total. The van der Waals surface area contributed by atoms with E-state index in [-0.39, 0.29) is 17.6 Å². The van der Waals surface area contributed by atoms with E-state index in [1.165, 1.54) is 6.92 Å². The molecule has 124 valence electrons. The number of ketones is 1. The van der Waals surface area contributed by atoms with Gasteiger partial charge in [-0.05, 0) is 52.2 Å². The topological polar surface area (TPSA) is 66.5 Å². The van der Waals surface area contributed by atoms with E-state index < -0.39 is 5.41 Å². The van der Waals surface area contributed by atoms with Gasteiger partial charge in [0.2, 0.25) is 11.8 Å². The Hall–Kier alpha value is -2.17. The molecule has 1 aliphatic rings. The number of rotatable bonds is 4. The van der Waals surface area contributed by atoms with Gasteiger partial charge in [-0.25, -0.2) is 0 Å². The summed E-state index contributed by atoms with van der Waals surface area (Å²) in [6.45, 7) is 6.21. The van der Waals surface area contributed by atoms with Crippen molar-refractivity contribution in [2.75, 3.05) is 18.4 Å². The lowest BCUT2D eigenvalue weighted by Gasteiger charge is -2.33. The lowest BCUT2D eigenvalue weighted by molar-refractivity contribution is -0.147. The van der Waals surface area contributed by atoms with Crippen LogP contribution in [0.15, 0.2) is 24.3 Å². The molecule has 0 aliphatic carbocycles. The Balaban J connectivity index is 2.10. The van der Waals surface area contributed by atoms with Crippen LogP contribution >= 0.6 is 0 Å². The van der Waals surface area contributed by atoms with E-state index in [1.807, 2.05) is 0 Å². The van der Waals surface area contributed by atoms with E-state index in [9.17, 15) is 14.4 Å². The molecule has 1 heterocycles. The molecule has 5 heteroatoms. The molecule has 23 heavy (non-hydrogen) atoms. The maximum atomic E-state index is 12.6. The number of Topliss-reactive ketones (excluding diaryl/α,β-unsaturated/α-hetero) is 1. The van der Waals surface area contributed by atoms with Gasteiger partial charge >= 0.3 is 0 Å². The number of carbonyl (C=O) groups excluding carboxylic acids is 3. The molecule has 1 saturated heterocycles. The molecular weight excluding hydrogens is 292 g/mol. The monoisotopic (exact) mass is 316 g/mol. The SMILES string of the molecule is CC(=O)c1cccc(NC(=O)C(C)(C)C(=O)N2CCCCC2)c1. The van der Waals surface area contributed by atoms with Gasteiger partial charge in [0.05, 0.1) is 0 Å². The fourth-order valence-electron chi connectivity index (χ4n) is 2.69. The van der Waals surface area contributed by atoms with Crippen molar-refractivity contribution in [3.8, 4) is 0 Å². The summed E-state index contributed by atoms with van der Waals surface area (Å²) in [4.78, 5) is 38.4. The molecule has 0 radical (unpaired) electrons. The number of piperidine rings is 1. The second-order valence-corrected chi connectivity index (χ2v) is 6.57. The summed E-state index contributed by atoms with van der Waals surface area (Å²) < 4.78 is 0. The zero-order valence-electron chi connectivity index (χ0n) is 14.0. The Kier molecular flexibility index (Phi) is 5.19. The van der Waals surface area contributed by atoms with Crippen LogP contribution in [0.1, 0.15) is 50.4 Å². The Labute approximate surface area is 137 Å². The second kappa shape index (κ2) is 6.94. The molecule has 0 unspecified atom stereocenters. The van der Waals surface area contributed by atoms with Crippen molar-refractivity contribution in [1.82, 2.24) is 4.90 Å². The predicted octanol–water partition coefficient (Wildman–Crippen LogP) is 2.87. The number of carbonyl (C=O) groups is 3. The van der Waals surface area contributed by atoms with E-state index in [2.05, 4.69) is 5.32 Å². The number of anilines is 1. The largest absolute Gasteiger partial charge is 0.342 e. The van der Waals surface area contributed by atoms with Crippen molar-refractivity contribution < 1.29 is 14.4 Å². The van der Waals surface area contributed by atoms with Crippen LogP contribution in [0.4, 0.5) is 5.69 Å². The number of benzene rings is 1. The van der Waals surface area contributed by atoms with E-state index in [4.69, 9.17) is 0 Å². The Morgan fingerprint density at radius 1 is 1.09 bits per heavy atom. The standard InChI is InChI=1S/C18H24N2O3/c1-13(21)14-8-7-9-15(12-14)19-16(22)18(2,3)17(23)20-10-5-4-6-11-20/h7-9,12H,4-6,10-11H2,1-3H3,(H,19,22). The maximum absolute atomic E-state index is 12.6. The molecule has 0 saturated carbocycles. The first-order valence-corrected chi connectivity index (χ1v) is 8.04. The number of hydrogen-bond acceptors (Lipinski definition) is 3. The molecule has 0 spiro atoms. The minimum atomic E-state index is -1.14. The molecule has 1 fully saturated rings. The van der Waals surface area contributed by atoms with Crippen molar-refractivity contribution in [2.45, 2.75) is 40.0 Å². The van der Waals surface area contributed by atoms with Crippen LogP contribution in [0.2, 0.25) is 0 Å². The normalized spacial score (nSPS) is 15.2. The van der Waals surface area contributed by atoms with E-state index >= 15 is 0 Å². The first-order valence-electron chi connectivity index (χ1n) is 8.04. The van der Waals surface area contributed by atoms with Crippen LogP contribution in [0.25, 0.3) is 0 Å². The third kappa shape index (κ3) is 3.97. The first kappa shape index (κ1) is 17.2. The van der Waals surface area contributed by atoms with E-state index in [0.29, 0.717) is 11.3 Å². The van der Waals surface area contributed by atoms with Gasteiger partial charge in [0, 0.05) is 24.3 Å². The van der Waals surface area contributed by atoms with Crippen molar-refractivity contribution in [2.24, 2.45) is 5.41 Å². The van der Waals surface area contributed by atoms with Crippen LogP contribution in [0.3, 0.4) is 0 Å². The summed E-state index contributed by atoms with van der Waals surface area (Å²) in [6.07, 6.45) is 3.11. The van der Waals surface area contributed by atoms with Gasteiger partial charge in [-0.3, -0.25) is 14.4 Å². The van der Waals surface area contributed by atoms with Crippen LogP contribution in [-0.4, -0.2) is 35.6 Å². The highest BCUT2D eigenvalue weighted by Gasteiger charge is 2.39. The molecule has 2 rings (SSSR count). The molecule has 0 atom stereocenters. The van der Waals surface area contributed by atoms with Crippen LogP contribution in [0, 0.1) is 5.41 Å². The smallest absolute Gasteiger partial charge is 0.239 e. The summed E-state index contributed by atoms with van der Waals surface area (Å²) in [6, 6.07) is 6.75. The van der Waals surface area contributed by atoms with Gasteiger partial charge in [-0.2, -0.15) is 0 Å². The molecule has 1 aromatic rings. The summed E-state index contributed by atoms with van der Waals surface area (Å²) in [5, 5.41) is 2.76. The zero-order valence-corrected chi connectivity index (χ0v) is 14.0. The summed E-state index contributed by atoms with van der Waals surface area (Å²) in [7, 11) is 0. The summed E-state index contributed by atoms with van der Waals surface area (Å²) in [5.74, 6) is -0.559. The van der Waals surface area contributed by atoms with Crippen LogP contribution in [-0.2, 0) is 9.59 Å². The third-order valence-electron chi connectivity index (χ3n) is 4.27. The lowest BCUT2D eigenvalue weighted by atomic mass is 9.89. The van der Waals surface area contributed by atoms with Gasteiger partial charge in [0.1, 0.15) is 5.41 Å². The fraction of sp³-hybridized carbons (Fsp3) is 0.500. The van der Waals surface area contributed by atoms with Gasteiger partial charge in [-0.1, -0.05) is 12.1 Å². The van der Waals surface area contributed by atoms with Crippen molar-refractivity contribution in [3.63, 3.8) is 0 Å². The molecule has 0 bridgehead atoms. The second-order valence-electron chi connectivity index (χ2n) is 6.57. The third-order valence-corrected chi connectivity index (χ3v) is 4.27. The Morgan fingerprint density at radius 3 is 2.35 bits per heavy atom. The zero-order chi connectivity index (χ0) is 17.0. The number of likely N-dealkylation sites (tertiary alicyclic amines) is 1. The maximum Gasteiger partial charge on any atom is 0.239 e. The lowest BCUT2D eigenvalue weighted by Crippen LogP contribution is -2.49. The predicted molar refractivity (Wildman–Crippen MR) is 89.3 cm³/mol. The highest BCUT2D eigenvalue weighted by molar-refractivity contribution is 6.10. The molecule has 1 aliphatic heterocycles. The summed E-state index contributed by atoms with van der Waals surface area (Å²) >= 11 is 0. The van der Waals surface area contributed by atoms with Gasteiger partial charge < -0.3 is 10.2 Å². The van der Waals surface area contributed by atoms with Gasteiger partial charge in [0.15, 0.2) is 5.78 Å². The van der Waals surface area contributed by atoms with Crippen molar-refractivity contribution >= 4 is 23.3 Å². The van der Waals surface area contributed by atoms with E-state index in [0.717, 1.165) is 32.4 Å². The number of hydrogen-bond donors (Lipinski definition) is 1. The average Bonchev–Trinajstić information content (AvgIpc) is 2.55. The molecule has 2 amide bonds. The quantitative estimate of drug-likeness (QED) is 0.686. The molecule has 1 aromatic carbocycles. The fourth-order valence-corrected chi connectivity index (χ4v) is 2.69. The Bertz CT molecular complexity index is 616. The van der Waals surface area contributed by atoms with Gasteiger partial charge in [-0.15, -0.1) is 0 Å². The molecular formula is C18H24N2O3.